The molecule has 2 heteroatoms. The van der Waals surface area contributed by atoms with Crippen molar-refractivity contribution in [1.29, 1.82) is 0 Å². The lowest BCUT2D eigenvalue weighted by Crippen LogP contribution is -2.50. The van der Waals surface area contributed by atoms with Crippen LogP contribution in [0, 0.1) is 29.1 Å². The van der Waals surface area contributed by atoms with Gasteiger partial charge in [-0.15, -0.1) is 0 Å². The fraction of sp³-hybridized carbons (Fsp3) is 1.00. The first-order valence-corrected chi connectivity index (χ1v) is 7.29. The molecule has 2 nitrogen and oxygen atoms in total. The molecule has 0 heterocycles. The predicted octanol–water partition coefficient (Wildman–Crippen LogP) is 2.83. The molecule has 0 saturated heterocycles. The highest BCUT2D eigenvalue weighted by Gasteiger charge is 2.49. The Labute approximate surface area is 105 Å². The van der Waals surface area contributed by atoms with Gasteiger partial charge in [0, 0.05) is 6.61 Å². The Morgan fingerprint density at radius 1 is 1.24 bits per heavy atom. The van der Waals surface area contributed by atoms with Crippen molar-refractivity contribution in [3.63, 3.8) is 0 Å². The summed E-state index contributed by atoms with van der Waals surface area (Å²) in [4.78, 5) is 0. The summed E-state index contributed by atoms with van der Waals surface area (Å²) < 4.78 is 0. The molecule has 17 heavy (non-hydrogen) atoms. The quantitative estimate of drug-likeness (QED) is 0.779. The zero-order chi connectivity index (χ0) is 12.6. The molecule has 2 aliphatic carbocycles. The Kier molecular flexibility index (Phi) is 3.84. The summed E-state index contributed by atoms with van der Waals surface area (Å²) in [6.07, 6.45) is 5.38. The Hall–Kier alpha value is -0.0800. The molecule has 0 amide bonds. The topological polar surface area (TPSA) is 40.5 Å². The van der Waals surface area contributed by atoms with E-state index in [1.807, 2.05) is 0 Å². The summed E-state index contributed by atoms with van der Waals surface area (Å²) in [5.41, 5.74) is 0.129. The van der Waals surface area contributed by atoms with Gasteiger partial charge in [-0.1, -0.05) is 20.8 Å². The summed E-state index contributed by atoms with van der Waals surface area (Å²) in [7, 11) is 0. The number of aliphatic hydroxyl groups excluding tert-OH is 2. The van der Waals surface area contributed by atoms with Crippen LogP contribution in [0.25, 0.3) is 0 Å². The van der Waals surface area contributed by atoms with E-state index < -0.39 is 0 Å². The summed E-state index contributed by atoms with van der Waals surface area (Å²) >= 11 is 0. The van der Waals surface area contributed by atoms with E-state index in [-0.39, 0.29) is 11.5 Å². The lowest BCUT2D eigenvalue weighted by molar-refractivity contribution is -0.104. The molecule has 5 atom stereocenters. The highest BCUT2D eigenvalue weighted by Crippen LogP contribution is 2.54. The molecule has 0 aromatic rings. The molecule has 1 unspecified atom stereocenters. The normalized spacial score (nSPS) is 46.9. The first-order chi connectivity index (χ1) is 8.00. The van der Waals surface area contributed by atoms with E-state index in [4.69, 9.17) is 0 Å². The Balaban J connectivity index is 2.17. The van der Waals surface area contributed by atoms with Gasteiger partial charge in [0.05, 0.1) is 6.10 Å². The molecule has 0 radical (unpaired) electrons. The van der Waals surface area contributed by atoms with E-state index in [2.05, 4.69) is 20.8 Å². The molecular weight excluding hydrogens is 212 g/mol. The molecule has 0 aromatic heterocycles. The predicted molar refractivity (Wildman–Crippen MR) is 69.6 cm³/mol. The minimum Gasteiger partial charge on any atom is -0.396 e. The zero-order valence-corrected chi connectivity index (χ0v) is 11.5. The lowest BCUT2D eigenvalue weighted by atomic mass is 9.53. The molecule has 2 saturated carbocycles. The first kappa shape index (κ1) is 13.4. The van der Waals surface area contributed by atoms with Gasteiger partial charge in [-0.3, -0.25) is 0 Å². The number of rotatable bonds is 2. The molecule has 2 N–H and O–H groups in total. The van der Waals surface area contributed by atoms with Crippen molar-refractivity contribution in [3.05, 3.63) is 0 Å². The van der Waals surface area contributed by atoms with Gasteiger partial charge in [-0.05, 0) is 61.2 Å². The summed E-state index contributed by atoms with van der Waals surface area (Å²) in [5, 5.41) is 19.9. The van der Waals surface area contributed by atoms with Crippen LogP contribution in [0.15, 0.2) is 0 Å². The Bertz CT molecular complexity index is 264. The van der Waals surface area contributed by atoms with Gasteiger partial charge in [0.25, 0.3) is 0 Å². The molecule has 0 aromatic carbocycles. The fourth-order valence-electron chi connectivity index (χ4n) is 4.28. The third-order valence-corrected chi connectivity index (χ3v) is 5.79. The van der Waals surface area contributed by atoms with Crippen LogP contribution in [0.5, 0.6) is 0 Å². The van der Waals surface area contributed by atoms with Gasteiger partial charge in [0.1, 0.15) is 0 Å². The minimum atomic E-state index is -0.148. The van der Waals surface area contributed by atoms with Gasteiger partial charge in [0.15, 0.2) is 0 Å². The van der Waals surface area contributed by atoms with E-state index in [1.54, 1.807) is 0 Å². The largest absolute Gasteiger partial charge is 0.396 e. The van der Waals surface area contributed by atoms with E-state index >= 15 is 0 Å². The lowest BCUT2D eigenvalue weighted by Gasteiger charge is -2.53. The number of hydrogen-bond donors (Lipinski definition) is 2. The monoisotopic (exact) mass is 240 g/mol. The van der Waals surface area contributed by atoms with Crippen molar-refractivity contribution >= 4 is 0 Å². The van der Waals surface area contributed by atoms with E-state index in [0.717, 1.165) is 31.1 Å². The van der Waals surface area contributed by atoms with Crippen molar-refractivity contribution in [1.82, 2.24) is 0 Å². The van der Waals surface area contributed by atoms with Crippen LogP contribution in [-0.4, -0.2) is 22.9 Å². The van der Waals surface area contributed by atoms with E-state index in [1.165, 1.54) is 12.8 Å². The highest BCUT2D eigenvalue weighted by molar-refractivity contribution is 4.99. The highest BCUT2D eigenvalue weighted by atomic mass is 16.3. The van der Waals surface area contributed by atoms with Crippen molar-refractivity contribution < 1.29 is 10.2 Å². The standard InChI is InChI=1S/C15H28O2/c1-10(2)12-4-6-15(9-16)7-5-14(17)11(3)13(15)8-12/h10-14,16-17H,4-9H2,1-3H3/t11-,12-,13+,14?,15+/m1/s1. The first-order valence-electron chi connectivity index (χ1n) is 7.29. The number of hydrogen-bond acceptors (Lipinski definition) is 2. The van der Waals surface area contributed by atoms with Crippen LogP contribution in [0.3, 0.4) is 0 Å². The van der Waals surface area contributed by atoms with E-state index in [9.17, 15) is 10.2 Å². The molecule has 0 bridgehead atoms. The average molecular weight is 240 g/mol. The van der Waals surface area contributed by atoms with Crippen LogP contribution >= 0.6 is 0 Å². The molecule has 0 spiro atoms. The van der Waals surface area contributed by atoms with E-state index in [0.29, 0.717) is 18.4 Å². The van der Waals surface area contributed by atoms with Crippen molar-refractivity contribution in [2.45, 2.75) is 59.0 Å². The van der Waals surface area contributed by atoms with Gasteiger partial charge in [0.2, 0.25) is 0 Å². The number of aliphatic hydroxyl groups is 2. The van der Waals surface area contributed by atoms with Crippen molar-refractivity contribution in [3.8, 4) is 0 Å². The maximum absolute atomic E-state index is 10.1. The Morgan fingerprint density at radius 2 is 1.88 bits per heavy atom. The molecule has 2 fully saturated rings. The van der Waals surface area contributed by atoms with Crippen LogP contribution in [0.1, 0.15) is 52.9 Å². The second kappa shape index (κ2) is 4.89. The third-order valence-electron chi connectivity index (χ3n) is 5.79. The van der Waals surface area contributed by atoms with Crippen LogP contribution in [-0.2, 0) is 0 Å². The molecule has 0 aliphatic heterocycles. The average Bonchev–Trinajstić information content (AvgIpc) is 2.33. The van der Waals surface area contributed by atoms with Crippen LogP contribution in [0.4, 0.5) is 0 Å². The summed E-state index contributed by atoms with van der Waals surface area (Å²) in [6, 6.07) is 0. The second-order valence-electron chi connectivity index (χ2n) is 6.87. The second-order valence-corrected chi connectivity index (χ2v) is 6.87. The van der Waals surface area contributed by atoms with Gasteiger partial charge >= 0.3 is 0 Å². The van der Waals surface area contributed by atoms with Gasteiger partial charge in [-0.25, -0.2) is 0 Å². The summed E-state index contributed by atoms with van der Waals surface area (Å²) in [5.74, 6) is 2.40. The zero-order valence-electron chi connectivity index (χ0n) is 11.5. The maximum Gasteiger partial charge on any atom is 0.0568 e. The third kappa shape index (κ3) is 2.26. The minimum absolute atomic E-state index is 0.129. The van der Waals surface area contributed by atoms with Crippen LogP contribution in [0.2, 0.25) is 0 Å². The van der Waals surface area contributed by atoms with Crippen molar-refractivity contribution in [2.75, 3.05) is 6.61 Å². The van der Waals surface area contributed by atoms with Crippen molar-refractivity contribution in [2.24, 2.45) is 29.1 Å². The summed E-state index contributed by atoms with van der Waals surface area (Å²) in [6.45, 7) is 7.11. The molecule has 2 aliphatic rings. The Morgan fingerprint density at radius 3 is 2.47 bits per heavy atom. The van der Waals surface area contributed by atoms with Gasteiger partial charge < -0.3 is 10.2 Å². The smallest absolute Gasteiger partial charge is 0.0568 e. The number of fused-ring (bicyclic) bond motifs is 1. The van der Waals surface area contributed by atoms with Crippen LogP contribution < -0.4 is 0 Å². The SMILES string of the molecule is CC(C)[C@@H]1CC[C@@]2(CO)CCC(O)[C@H](C)[C@@H]2C1. The molecular formula is C15H28O2. The molecule has 2 rings (SSSR count). The van der Waals surface area contributed by atoms with Gasteiger partial charge in [-0.2, -0.15) is 0 Å². The molecule has 100 valence electrons. The maximum atomic E-state index is 10.1. The fourth-order valence-corrected chi connectivity index (χ4v) is 4.28.